The minimum Gasteiger partial charge on any atom is -0.391 e. The second-order valence-electron chi connectivity index (χ2n) is 5.15. The fourth-order valence-corrected chi connectivity index (χ4v) is 2.42. The molecule has 1 amide bonds. The van der Waals surface area contributed by atoms with E-state index in [1.807, 2.05) is 0 Å². The van der Waals surface area contributed by atoms with E-state index < -0.39 is 11.0 Å². The van der Waals surface area contributed by atoms with Crippen LogP contribution in [0, 0.1) is 10.1 Å². The fourth-order valence-electron chi connectivity index (χ4n) is 2.42. The van der Waals surface area contributed by atoms with Crippen LogP contribution in [-0.2, 0) is 4.79 Å². The van der Waals surface area contributed by atoms with E-state index in [1.165, 1.54) is 24.3 Å². The molecule has 0 saturated heterocycles. The van der Waals surface area contributed by atoms with E-state index in [0.29, 0.717) is 12.0 Å². The van der Waals surface area contributed by atoms with Gasteiger partial charge in [-0.1, -0.05) is 25.0 Å². The number of aliphatic hydroxyl groups excluding tert-OH is 1. The van der Waals surface area contributed by atoms with Gasteiger partial charge in [-0.25, -0.2) is 0 Å². The smallest absolute Gasteiger partial charge is 0.270 e. The number of nitrogens with zero attached hydrogens (tertiary/aromatic N) is 1. The number of benzene rings is 1. The van der Waals surface area contributed by atoms with Crippen molar-refractivity contribution in [2.75, 3.05) is 0 Å². The molecule has 1 fully saturated rings. The van der Waals surface area contributed by atoms with Crippen LogP contribution in [0.15, 0.2) is 30.3 Å². The van der Waals surface area contributed by atoms with Gasteiger partial charge in [0, 0.05) is 18.2 Å². The van der Waals surface area contributed by atoms with Gasteiger partial charge >= 0.3 is 0 Å². The number of non-ortho nitro benzene ring substituents is 1. The first kappa shape index (κ1) is 15.2. The maximum atomic E-state index is 11.8. The number of hydrogen-bond acceptors (Lipinski definition) is 4. The molecule has 6 heteroatoms. The Morgan fingerprint density at radius 1 is 1.38 bits per heavy atom. The summed E-state index contributed by atoms with van der Waals surface area (Å²) in [4.78, 5) is 22.0. The molecule has 0 radical (unpaired) electrons. The van der Waals surface area contributed by atoms with Crippen LogP contribution in [0.25, 0.3) is 6.08 Å². The van der Waals surface area contributed by atoms with E-state index in [4.69, 9.17) is 0 Å². The molecule has 0 unspecified atom stereocenters. The van der Waals surface area contributed by atoms with Gasteiger partial charge in [0.2, 0.25) is 5.91 Å². The number of hydrogen-bond donors (Lipinski definition) is 2. The quantitative estimate of drug-likeness (QED) is 0.504. The van der Waals surface area contributed by atoms with Gasteiger partial charge in [0.25, 0.3) is 5.69 Å². The van der Waals surface area contributed by atoms with E-state index in [0.717, 1.165) is 19.3 Å². The van der Waals surface area contributed by atoms with Gasteiger partial charge in [-0.3, -0.25) is 14.9 Å². The van der Waals surface area contributed by atoms with Crippen LogP contribution in [0.5, 0.6) is 0 Å². The predicted octanol–water partition coefficient (Wildman–Crippen LogP) is 2.03. The molecule has 2 rings (SSSR count). The third-order valence-corrected chi connectivity index (χ3v) is 3.57. The molecule has 2 atom stereocenters. The Kier molecular flexibility index (Phi) is 5.05. The van der Waals surface area contributed by atoms with Gasteiger partial charge in [-0.2, -0.15) is 0 Å². The van der Waals surface area contributed by atoms with Crippen molar-refractivity contribution < 1.29 is 14.8 Å². The van der Waals surface area contributed by atoms with E-state index in [9.17, 15) is 20.0 Å². The summed E-state index contributed by atoms with van der Waals surface area (Å²) in [5.74, 6) is -0.299. The number of aliphatic hydroxyl groups is 1. The number of nitro benzene ring substituents is 1. The maximum absolute atomic E-state index is 11.8. The van der Waals surface area contributed by atoms with Crippen molar-refractivity contribution in [3.8, 4) is 0 Å². The lowest BCUT2D eigenvalue weighted by Gasteiger charge is -2.27. The Hall–Kier alpha value is -2.21. The van der Waals surface area contributed by atoms with Crippen molar-refractivity contribution in [2.45, 2.75) is 37.8 Å². The van der Waals surface area contributed by atoms with Crippen LogP contribution >= 0.6 is 0 Å². The van der Waals surface area contributed by atoms with Crippen molar-refractivity contribution in [3.05, 3.63) is 46.0 Å². The van der Waals surface area contributed by atoms with E-state index in [2.05, 4.69) is 5.32 Å². The van der Waals surface area contributed by atoms with Gasteiger partial charge in [-0.15, -0.1) is 0 Å². The van der Waals surface area contributed by atoms with Crippen molar-refractivity contribution in [1.29, 1.82) is 0 Å². The molecule has 112 valence electrons. The molecule has 1 aliphatic rings. The van der Waals surface area contributed by atoms with Crippen molar-refractivity contribution in [3.63, 3.8) is 0 Å². The lowest BCUT2D eigenvalue weighted by Crippen LogP contribution is -2.44. The summed E-state index contributed by atoms with van der Waals surface area (Å²) >= 11 is 0. The van der Waals surface area contributed by atoms with Crippen LogP contribution in [-0.4, -0.2) is 28.1 Å². The topological polar surface area (TPSA) is 92.5 Å². The highest BCUT2D eigenvalue weighted by molar-refractivity contribution is 5.92. The number of carbonyl (C=O) groups excluding carboxylic acids is 1. The zero-order valence-electron chi connectivity index (χ0n) is 11.6. The first-order chi connectivity index (χ1) is 10.1. The third kappa shape index (κ3) is 4.39. The Labute approximate surface area is 122 Å². The van der Waals surface area contributed by atoms with Crippen LogP contribution < -0.4 is 5.32 Å². The molecule has 1 saturated carbocycles. The summed E-state index contributed by atoms with van der Waals surface area (Å²) < 4.78 is 0. The van der Waals surface area contributed by atoms with E-state index in [-0.39, 0.29) is 17.6 Å². The molecule has 21 heavy (non-hydrogen) atoms. The number of nitrogens with one attached hydrogen (secondary N) is 1. The lowest BCUT2D eigenvalue weighted by molar-refractivity contribution is -0.384. The molecule has 1 aromatic carbocycles. The predicted molar refractivity (Wildman–Crippen MR) is 78.5 cm³/mol. The van der Waals surface area contributed by atoms with Crippen LogP contribution in [0.4, 0.5) is 5.69 Å². The van der Waals surface area contributed by atoms with E-state index >= 15 is 0 Å². The highest BCUT2D eigenvalue weighted by Gasteiger charge is 2.23. The molecule has 0 heterocycles. The normalized spacial score (nSPS) is 22.1. The number of rotatable bonds is 4. The highest BCUT2D eigenvalue weighted by Crippen LogP contribution is 2.18. The van der Waals surface area contributed by atoms with Gasteiger partial charge in [0.1, 0.15) is 0 Å². The summed E-state index contributed by atoms with van der Waals surface area (Å²) in [6, 6.07) is 5.85. The average molecular weight is 290 g/mol. The summed E-state index contributed by atoms with van der Waals surface area (Å²) in [6.45, 7) is 0. The van der Waals surface area contributed by atoms with Crippen molar-refractivity contribution in [1.82, 2.24) is 5.32 Å². The lowest BCUT2D eigenvalue weighted by atomic mass is 9.92. The second kappa shape index (κ2) is 6.99. The first-order valence-electron chi connectivity index (χ1n) is 6.97. The molecule has 1 aromatic rings. The third-order valence-electron chi connectivity index (χ3n) is 3.57. The average Bonchev–Trinajstić information content (AvgIpc) is 2.48. The van der Waals surface area contributed by atoms with Crippen LogP contribution in [0.3, 0.4) is 0 Å². The van der Waals surface area contributed by atoms with Gasteiger partial charge < -0.3 is 10.4 Å². The molecular weight excluding hydrogens is 272 g/mol. The second-order valence-corrected chi connectivity index (χ2v) is 5.15. The van der Waals surface area contributed by atoms with Gasteiger partial charge in [0.15, 0.2) is 0 Å². The SMILES string of the molecule is O=C(/C=C/c1cccc([N+](=O)[O-])c1)N[C@@H]1CCCC[C@H]1O. The summed E-state index contributed by atoms with van der Waals surface area (Å²) in [5.41, 5.74) is 0.573. The zero-order valence-corrected chi connectivity index (χ0v) is 11.6. The molecule has 0 bridgehead atoms. The summed E-state index contributed by atoms with van der Waals surface area (Å²) in [7, 11) is 0. The monoisotopic (exact) mass is 290 g/mol. The highest BCUT2D eigenvalue weighted by atomic mass is 16.6. The number of amides is 1. The minimum atomic E-state index is -0.492. The summed E-state index contributed by atoms with van der Waals surface area (Å²) in [6.07, 6.45) is 5.83. The Morgan fingerprint density at radius 3 is 2.86 bits per heavy atom. The van der Waals surface area contributed by atoms with Crippen LogP contribution in [0.1, 0.15) is 31.2 Å². The number of nitro groups is 1. The largest absolute Gasteiger partial charge is 0.391 e. The molecule has 0 aliphatic heterocycles. The molecule has 2 N–H and O–H groups in total. The molecule has 1 aliphatic carbocycles. The maximum Gasteiger partial charge on any atom is 0.270 e. The van der Waals surface area contributed by atoms with Gasteiger partial charge in [0.05, 0.1) is 17.1 Å². The molecule has 0 spiro atoms. The standard InChI is InChI=1S/C15H18N2O4/c18-14-7-2-1-6-13(14)16-15(19)9-8-11-4-3-5-12(10-11)17(20)21/h3-5,8-10,13-14,18H,1-2,6-7H2,(H,16,19)/b9-8+/t13-,14-/m1/s1. The number of carbonyl (C=O) groups is 1. The summed E-state index contributed by atoms with van der Waals surface area (Å²) in [5, 5.41) is 23.2. The first-order valence-corrected chi connectivity index (χ1v) is 6.97. The van der Waals surface area contributed by atoms with Gasteiger partial charge in [-0.05, 0) is 24.5 Å². The Balaban J connectivity index is 1.95. The fraction of sp³-hybridized carbons (Fsp3) is 0.400. The minimum absolute atomic E-state index is 0.0136. The molecule has 0 aromatic heterocycles. The molecular formula is C15H18N2O4. The molecule has 6 nitrogen and oxygen atoms in total. The van der Waals surface area contributed by atoms with Crippen LogP contribution in [0.2, 0.25) is 0 Å². The van der Waals surface area contributed by atoms with Crippen molar-refractivity contribution >= 4 is 17.7 Å². The zero-order chi connectivity index (χ0) is 15.2. The Bertz CT molecular complexity index is 556. The Morgan fingerprint density at radius 2 is 2.14 bits per heavy atom. The van der Waals surface area contributed by atoms with E-state index in [1.54, 1.807) is 12.1 Å². The van der Waals surface area contributed by atoms with Crippen molar-refractivity contribution in [2.24, 2.45) is 0 Å².